The molecule has 1 aliphatic carbocycles. The number of amides is 1. The van der Waals surface area contributed by atoms with Gasteiger partial charge in [-0.3, -0.25) is 4.79 Å². The van der Waals surface area contributed by atoms with Crippen LogP contribution >= 0.6 is 15.9 Å². The van der Waals surface area contributed by atoms with Crippen molar-refractivity contribution in [3.8, 4) is 5.75 Å². The van der Waals surface area contributed by atoms with E-state index in [1.54, 1.807) is 12.1 Å². The standard InChI is InChI=1S/C26H24BrF4NO4/c1-25(2)12-19(13-3-5-15(6-4-13)26(29,30)31)18-9-14(10-20(27)22(18)36-25)23(33)32-16-7-8-17(24(34)35)21(28)11-16/h7-13,15H,3-6H2,1-2H3,(H,32,33)(H,34,35). The third-order valence-electron chi connectivity index (χ3n) is 6.57. The third kappa shape index (κ3) is 5.43. The second-order valence-electron chi connectivity index (χ2n) is 9.68. The van der Waals surface area contributed by atoms with E-state index in [9.17, 15) is 27.2 Å². The molecule has 4 rings (SSSR count). The molecule has 0 unspecified atom stereocenters. The molecule has 1 saturated carbocycles. The molecule has 36 heavy (non-hydrogen) atoms. The smallest absolute Gasteiger partial charge is 0.391 e. The van der Waals surface area contributed by atoms with Gasteiger partial charge in [0.15, 0.2) is 0 Å². The summed E-state index contributed by atoms with van der Waals surface area (Å²) in [5, 5.41) is 11.5. The number of fused-ring (bicyclic) bond motifs is 1. The van der Waals surface area contributed by atoms with Crippen molar-refractivity contribution in [1.82, 2.24) is 0 Å². The highest BCUT2D eigenvalue weighted by Gasteiger charge is 2.43. The average Bonchev–Trinajstić information content (AvgIpc) is 2.78. The second-order valence-corrected chi connectivity index (χ2v) is 10.5. The minimum absolute atomic E-state index is 0.0430. The number of ether oxygens (including phenoxy) is 1. The van der Waals surface area contributed by atoms with E-state index in [4.69, 9.17) is 9.84 Å². The van der Waals surface area contributed by atoms with Crippen molar-refractivity contribution >= 4 is 39.1 Å². The Kier molecular flexibility index (Phi) is 6.94. The molecule has 2 aromatic rings. The topological polar surface area (TPSA) is 75.6 Å². The lowest BCUT2D eigenvalue weighted by molar-refractivity contribution is -0.183. The van der Waals surface area contributed by atoms with E-state index >= 15 is 0 Å². The van der Waals surface area contributed by atoms with Gasteiger partial charge in [-0.1, -0.05) is 0 Å². The van der Waals surface area contributed by atoms with E-state index < -0.39 is 41.0 Å². The number of carboxylic acids is 1. The van der Waals surface area contributed by atoms with E-state index in [1.807, 2.05) is 19.9 Å². The zero-order valence-electron chi connectivity index (χ0n) is 19.5. The highest BCUT2D eigenvalue weighted by Crippen LogP contribution is 2.49. The average molecular weight is 570 g/mol. The summed E-state index contributed by atoms with van der Waals surface area (Å²) in [7, 11) is 0. The summed E-state index contributed by atoms with van der Waals surface area (Å²) in [6.45, 7) is 3.72. The molecule has 1 heterocycles. The van der Waals surface area contributed by atoms with Gasteiger partial charge in [-0.25, -0.2) is 9.18 Å². The Morgan fingerprint density at radius 3 is 2.36 bits per heavy atom. The number of hydrogen-bond donors (Lipinski definition) is 2. The van der Waals surface area contributed by atoms with E-state index in [0.29, 0.717) is 28.6 Å². The predicted molar refractivity (Wildman–Crippen MR) is 130 cm³/mol. The Bertz CT molecular complexity index is 1250. The lowest BCUT2D eigenvalue weighted by atomic mass is 9.74. The first kappa shape index (κ1) is 26.2. The quantitative estimate of drug-likeness (QED) is 0.375. The summed E-state index contributed by atoms with van der Waals surface area (Å²) in [5.74, 6) is -3.89. The number of halogens is 5. The summed E-state index contributed by atoms with van der Waals surface area (Å²) >= 11 is 3.46. The van der Waals surface area contributed by atoms with E-state index in [1.165, 1.54) is 6.07 Å². The molecule has 2 aliphatic rings. The molecule has 1 fully saturated rings. The number of allylic oxidation sites excluding steroid dienone is 1. The van der Waals surface area contributed by atoms with Crippen molar-refractivity contribution in [2.45, 2.75) is 51.3 Å². The second kappa shape index (κ2) is 9.53. The molecular weight excluding hydrogens is 546 g/mol. The van der Waals surface area contributed by atoms with Crippen molar-refractivity contribution in [3.05, 3.63) is 63.4 Å². The number of hydrogen-bond acceptors (Lipinski definition) is 3. The first-order valence-corrected chi connectivity index (χ1v) is 12.2. The SMILES string of the molecule is CC1(C)C=C(C2CCC(C(F)(F)F)CC2)c2cc(C(=O)Nc3ccc(C(=O)O)c(F)c3)cc(Br)c2O1. The predicted octanol–water partition coefficient (Wildman–Crippen LogP) is 7.46. The summed E-state index contributed by atoms with van der Waals surface area (Å²) in [6.07, 6.45) is -1.48. The van der Waals surface area contributed by atoms with E-state index in [0.717, 1.165) is 17.7 Å². The number of anilines is 1. The lowest BCUT2D eigenvalue weighted by Gasteiger charge is -2.37. The first-order valence-electron chi connectivity index (χ1n) is 11.4. The number of benzene rings is 2. The van der Waals surface area contributed by atoms with Crippen LogP contribution in [-0.2, 0) is 0 Å². The summed E-state index contributed by atoms with van der Waals surface area (Å²) in [5.41, 5.74) is 0.556. The first-order chi connectivity index (χ1) is 16.7. The van der Waals surface area contributed by atoms with Crippen molar-refractivity contribution < 1.29 is 37.0 Å². The van der Waals surface area contributed by atoms with Gasteiger partial charge < -0.3 is 15.2 Å². The molecule has 1 amide bonds. The van der Waals surface area contributed by atoms with E-state index in [2.05, 4.69) is 21.2 Å². The molecule has 2 N–H and O–H groups in total. The largest absolute Gasteiger partial charge is 0.482 e. The highest BCUT2D eigenvalue weighted by atomic mass is 79.9. The highest BCUT2D eigenvalue weighted by molar-refractivity contribution is 9.10. The van der Waals surface area contributed by atoms with Crippen LogP contribution in [0.3, 0.4) is 0 Å². The third-order valence-corrected chi connectivity index (χ3v) is 7.16. The Hall–Kier alpha value is -2.88. The Morgan fingerprint density at radius 1 is 1.11 bits per heavy atom. The van der Waals surface area contributed by atoms with Gasteiger partial charge in [0.2, 0.25) is 0 Å². The van der Waals surface area contributed by atoms with Crippen LogP contribution < -0.4 is 10.1 Å². The lowest BCUT2D eigenvalue weighted by Crippen LogP contribution is -2.32. The monoisotopic (exact) mass is 569 g/mol. The minimum Gasteiger partial charge on any atom is -0.482 e. The summed E-state index contributed by atoms with van der Waals surface area (Å²) < 4.78 is 60.2. The number of nitrogens with one attached hydrogen (secondary N) is 1. The molecule has 0 aromatic heterocycles. The van der Waals surface area contributed by atoms with Gasteiger partial charge in [-0.15, -0.1) is 0 Å². The number of aromatic carboxylic acids is 1. The van der Waals surface area contributed by atoms with Gasteiger partial charge in [-0.2, -0.15) is 13.2 Å². The molecule has 0 radical (unpaired) electrons. The van der Waals surface area contributed by atoms with Gasteiger partial charge in [0.1, 0.15) is 17.2 Å². The van der Waals surface area contributed by atoms with Crippen molar-refractivity contribution in [2.24, 2.45) is 11.8 Å². The molecule has 5 nitrogen and oxygen atoms in total. The summed E-state index contributed by atoms with van der Waals surface area (Å²) in [6, 6.07) is 6.44. The van der Waals surface area contributed by atoms with Crippen LogP contribution in [0.15, 0.2) is 40.9 Å². The van der Waals surface area contributed by atoms with Crippen LogP contribution in [0.2, 0.25) is 0 Å². The van der Waals surface area contributed by atoms with Crippen LogP contribution in [0.5, 0.6) is 5.75 Å². The number of carboxylic acid groups (broad SMARTS) is 1. The van der Waals surface area contributed by atoms with Crippen LogP contribution in [0.25, 0.3) is 5.57 Å². The van der Waals surface area contributed by atoms with Gasteiger partial charge in [0.25, 0.3) is 5.91 Å². The van der Waals surface area contributed by atoms with Crippen molar-refractivity contribution in [3.63, 3.8) is 0 Å². The van der Waals surface area contributed by atoms with Crippen molar-refractivity contribution in [1.29, 1.82) is 0 Å². The number of carbonyl (C=O) groups excluding carboxylic acids is 1. The Labute approximate surface area is 213 Å². The van der Waals surface area contributed by atoms with Crippen LogP contribution in [-0.4, -0.2) is 28.8 Å². The number of rotatable bonds is 4. The summed E-state index contributed by atoms with van der Waals surface area (Å²) in [4.78, 5) is 24.0. The molecular formula is C26H24BrF4NO4. The van der Waals surface area contributed by atoms with Gasteiger partial charge in [0.05, 0.1) is 16.0 Å². The fourth-order valence-electron chi connectivity index (χ4n) is 4.83. The Balaban J connectivity index is 1.63. The van der Waals surface area contributed by atoms with Gasteiger partial charge in [0, 0.05) is 16.8 Å². The maximum absolute atomic E-state index is 14.0. The molecule has 0 bridgehead atoms. The fraction of sp³-hybridized carbons (Fsp3) is 0.385. The fourth-order valence-corrected chi connectivity index (χ4v) is 5.37. The molecule has 0 saturated heterocycles. The molecule has 0 spiro atoms. The normalized spacial score (nSPS) is 21.1. The maximum Gasteiger partial charge on any atom is 0.391 e. The van der Waals surface area contributed by atoms with Crippen LogP contribution in [0.1, 0.15) is 65.8 Å². The van der Waals surface area contributed by atoms with Gasteiger partial charge >= 0.3 is 12.1 Å². The molecule has 10 heteroatoms. The van der Waals surface area contributed by atoms with Gasteiger partial charge in [-0.05, 0) is 103 Å². The zero-order valence-corrected chi connectivity index (χ0v) is 21.1. The number of carbonyl (C=O) groups is 2. The van der Waals surface area contributed by atoms with Crippen molar-refractivity contribution in [2.75, 3.05) is 5.32 Å². The molecule has 2 aromatic carbocycles. The van der Waals surface area contributed by atoms with Crippen LogP contribution in [0.4, 0.5) is 23.2 Å². The molecule has 192 valence electrons. The van der Waals surface area contributed by atoms with Crippen LogP contribution in [0, 0.1) is 17.7 Å². The minimum atomic E-state index is -4.21. The zero-order chi connectivity index (χ0) is 26.4. The van der Waals surface area contributed by atoms with E-state index in [-0.39, 0.29) is 30.0 Å². The molecule has 0 atom stereocenters. The molecule has 1 aliphatic heterocycles. The number of alkyl halides is 3. The maximum atomic E-state index is 14.0. The Morgan fingerprint density at radius 2 is 1.78 bits per heavy atom.